The van der Waals surface area contributed by atoms with Crippen LogP contribution < -0.4 is 0 Å². The zero-order chi connectivity index (χ0) is 19.9. The number of carbonyl (C=O) groups excluding carboxylic acids is 2. The minimum absolute atomic E-state index is 0.00258. The average Bonchev–Trinajstić information content (AvgIpc) is 3.21. The minimum atomic E-state index is -0.272. The molecule has 0 amide bonds. The molecule has 1 saturated heterocycles. The van der Waals surface area contributed by atoms with Crippen LogP contribution in [0.3, 0.4) is 0 Å². The molecule has 5 aliphatic rings. The Bertz CT molecular complexity index is 790. The van der Waals surface area contributed by atoms with E-state index in [0.29, 0.717) is 53.8 Å². The summed E-state index contributed by atoms with van der Waals surface area (Å²) in [4.78, 5) is 24.3. The van der Waals surface area contributed by atoms with Crippen molar-refractivity contribution in [1.29, 1.82) is 0 Å². The highest BCUT2D eigenvalue weighted by molar-refractivity contribution is 5.95. The van der Waals surface area contributed by atoms with E-state index >= 15 is 0 Å². The molecule has 0 aromatic carbocycles. The first-order valence-electron chi connectivity index (χ1n) is 11.3. The lowest BCUT2D eigenvalue weighted by molar-refractivity contribution is -0.138. The van der Waals surface area contributed by atoms with E-state index in [-0.39, 0.29) is 16.8 Å². The van der Waals surface area contributed by atoms with Crippen molar-refractivity contribution in [3.63, 3.8) is 0 Å². The Morgan fingerprint density at radius 2 is 1.82 bits per heavy atom. The Morgan fingerprint density at radius 3 is 2.54 bits per heavy atom. The lowest BCUT2D eigenvalue weighted by Crippen LogP contribution is -2.53. The molecule has 1 aliphatic heterocycles. The summed E-state index contributed by atoms with van der Waals surface area (Å²) in [5.74, 6) is 2.91. The first-order valence-corrected chi connectivity index (χ1v) is 11.3. The molecule has 152 valence electrons. The molecule has 7 atom stereocenters. The van der Waals surface area contributed by atoms with Gasteiger partial charge in [-0.1, -0.05) is 45.4 Å². The maximum absolute atomic E-state index is 12.6. The number of allylic oxidation sites excluding steroid dienone is 4. The first kappa shape index (κ1) is 18.6. The van der Waals surface area contributed by atoms with E-state index in [2.05, 4.69) is 39.8 Å². The molecule has 0 spiro atoms. The summed E-state index contributed by atoms with van der Waals surface area (Å²) in [7, 11) is 0. The second kappa shape index (κ2) is 5.83. The largest absolute Gasteiger partial charge is 0.465 e. The fraction of sp³-hybridized carbons (Fsp3) is 0.760. The Kier molecular flexibility index (Phi) is 3.88. The number of hydrogen-bond acceptors (Lipinski definition) is 3. The zero-order valence-corrected chi connectivity index (χ0v) is 17.8. The quantitative estimate of drug-likeness (QED) is 0.467. The van der Waals surface area contributed by atoms with Crippen molar-refractivity contribution in [1.82, 2.24) is 0 Å². The number of rotatable bonds is 1. The molecular formula is C25H34O3. The summed E-state index contributed by atoms with van der Waals surface area (Å²) in [5.41, 5.74) is 1.79. The molecule has 1 heterocycles. The third kappa shape index (κ3) is 2.28. The molecule has 0 N–H and O–H groups in total. The lowest BCUT2D eigenvalue weighted by Gasteiger charge is -2.58. The van der Waals surface area contributed by atoms with Crippen LogP contribution in [-0.4, -0.2) is 18.4 Å². The van der Waals surface area contributed by atoms with Gasteiger partial charge in [0, 0.05) is 11.3 Å². The van der Waals surface area contributed by atoms with Gasteiger partial charge in [-0.2, -0.15) is 0 Å². The minimum Gasteiger partial charge on any atom is -0.465 e. The van der Waals surface area contributed by atoms with Crippen molar-refractivity contribution >= 4 is 11.8 Å². The number of esters is 1. The molecule has 0 aromatic heterocycles. The molecule has 0 radical (unpaired) electrons. The first-order chi connectivity index (χ1) is 13.2. The molecule has 5 rings (SSSR count). The van der Waals surface area contributed by atoms with Crippen molar-refractivity contribution in [2.24, 2.45) is 45.8 Å². The molecular weight excluding hydrogens is 348 g/mol. The van der Waals surface area contributed by atoms with Crippen LogP contribution in [0.2, 0.25) is 0 Å². The number of cyclic esters (lactones) is 1. The van der Waals surface area contributed by atoms with Gasteiger partial charge < -0.3 is 4.74 Å². The summed E-state index contributed by atoms with van der Waals surface area (Å²) in [6.45, 7) is 9.84. The molecule has 0 bridgehead atoms. The van der Waals surface area contributed by atoms with Crippen molar-refractivity contribution in [2.75, 3.05) is 6.61 Å². The molecule has 3 heteroatoms. The van der Waals surface area contributed by atoms with E-state index in [4.69, 9.17) is 4.74 Å². The van der Waals surface area contributed by atoms with Gasteiger partial charge >= 0.3 is 5.97 Å². The third-order valence-corrected chi connectivity index (χ3v) is 9.83. The lowest BCUT2D eigenvalue weighted by atomic mass is 9.45. The topological polar surface area (TPSA) is 43.4 Å². The maximum atomic E-state index is 12.6. The van der Waals surface area contributed by atoms with Crippen LogP contribution in [-0.2, 0) is 14.3 Å². The number of carbonyl (C=O) groups is 2. The molecule has 28 heavy (non-hydrogen) atoms. The molecule has 4 aliphatic carbocycles. The average molecular weight is 383 g/mol. The van der Waals surface area contributed by atoms with Crippen LogP contribution in [0.15, 0.2) is 23.8 Å². The molecule has 2 saturated carbocycles. The smallest absolute Gasteiger partial charge is 0.306 e. The van der Waals surface area contributed by atoms with Crippen molar-refractivity contribution in [3.8, 4) is 0 Å². The molecule has 3 nitrogen and oxygen atoms in total. The van der Waals surface area contributed by atoms with Crippen LogP contribution in [0.1, 0.15) is 66.2 Å². The predicted octanol–water partition coefficient (Wildman–Crippen LogP) is 5.11. The summed E-state index contributed by atoms with van der Waals surface area (Å²) < 4.78 is 5.33. The van der Waals surface area contributed by atoms with Crippen LogP contribution in [0.4, 0.5) is 0 Å². The second-order valence-corrected chi connectivity index (χ2v) is 11.3. The van der Waals surface area contributed by atoms with E-state index in [9.17, 15) is 9.59 Å². The Hall–Kier alpha value is -1.38. The number of ether oxygens (including phenoxy) is 1. The van der Waals surface area contributed by atoms with E-state index in [1.54, 1.807) is 5.57 Å². The van der Waals surface area contributed by atoms with Gasteiger partial charge in [0.15, 0.2) is 5.78 Å². The van der Waals surface area contributed by atoms with E-state index < -0.39 is 0 Å². The summed E-state index contributed by atoms with van der Waals surface area (Å²) in [5, 5.41) is 0. The number of fused-ring (bicyclic) bond motifs is 5. The molecule has 3 fully saturated rings. The van der Waals surface area contributed by atoms with Crippen LogP contribution in [0.25, 0.3) is 0 Å². The molecule has 0 unspecified atom stereocenters. The Morgan fingerprint density at radius 1 is 1.04 bits per heavy atom. The van der Waals surface area contributed by atoms with Crippen LogP contribution in [0, 0.1) is 45.8 Å². The normalized spacial score (nSPS) is 49.1. The second-order valence-electron chi connectivity index (χ2n) is 11.3. The zero-order valence-electron chi connectivity index (χ0n) is 17.8. The van der Waals surface area contributed by atoms with Crippen molar-refractivity contribution in [3.05, 3.63) is 23.8 Å². The van der Waals surface area contributed by atoms with E-state index in [1.165, 1.54) is 25.7 Å². The highest BCUT2D eigenvalue weighted by Crippen LogP contribution is 2.67. The Labute approximate surface area is 169 Å². The SMILES string of the molecule is CC1(C)C(=O)C=C[C@]2(C)[C@H]3CC[C@]4(C)[C@H](CC[C@H]4[C@H]4COC(=O)C4)C3=CC[C@@H]12. The summed E-state index contributed by atoms with van der Waals surface area (Å²) in [6.07, 6.45) is 13.2. The van der Waals surface area contributed by atoms with E-state index in [1.807, 2.05) is 6.08 Å². The van der Waals surface area contributed by atoms with Gasteiger partial charge in [0.25, 0.3) is 0 Å². The van der Waals surface area contributed by atoms with Gasteiger partial charge in [-0.25, -0.2) is 0 Å². The van der Waals surface area contributed by atoms with Crippen molar-refractivity contribution in [2.45, 2.75) is 66.2 Å². The highest BCUT2D eigenvalue weighted by Gasteiger charge is 2.60. The van der Waals surface area contributed by atoms with Gasteiger partial charge in [0.2, 0.25) is 0 Å². The molecule has 0 aromatic rings. The van der Waals surface area contributed by atoms with E-state index in [0.717, 1.165) is 6.42 Å². The summed E-state index contributed by atoms with van der Waals surface area (Å²) in [6, 6.07) is 0. The fourth-order valence-corrected chi connectivity index (χ4v) is 8.25. The number of hydrogen-bond donors (Lipinski definition) is 0. The van der Waals surface area contributed by atoms with Crippen LogP contribution >= 0.6 is 0 Å². The maximum Gasteiger partial charge on any atom is 0.306 e. The number of ketones is 1. The monoisotopic (exact) mass is 382 g/mol. The predicted molar refractivity (Wildman–Crippen MR) is 108 cm³/mol. The summed E-state index contributed by atoms with van der Waals surface area (Å²) >= 11 is 0. The van der Waals surface area contributed by atoms with Crippen LogP contribution in [0.5, 0.6) is 0 Å². The van der Waals surface area contributed by atoms with Gasteiger partial charge in [-0.15, -0.1) is 0 Å². The fourth-order valence-electron chi connectivity index (χ4n) is 8.25. The Balaban J connectivity index is 1.48. The van der Waals surface area contributed by atoms with Gasteiger partial charge in [-0.3, -0.25) is 9.59 Å². The third-order valence-electron chi connectivity index (χ3n) is 9.83. The van der Waals surface area contributed by atoms with Gasteiger partial charge in [0.1, 0.15) is 0 Å². The highest BCUT2D eigenvalue weighted by atomic mass is 16.5. The standard InChI is InChI=1S/C25H34O3/c1-23(2)20-8-5-16-18-7-6-17(15-13-22(27)28-14-15)24(18,3)11-9-19(16)25(20,4)12-10-21(23)26/h5,10,12,15,17-20H,6-9,11,13-14H2,1-4H3/t15-,17+,18-,19+,20+,24+,25-/m1/s1. The van der Waals surface area contributed by atoms with Crippen molar-refractivity contribution < 1.29 is 14.3 Å². The van der Waals surface area contributed by atoms with Gasteiger partial charge in [-0.05, 0) is 72.7 Å². The van der Waals surface area contributed by atoms with Gasteiger partial charge in [0.05, 0.1) is 13.0 Å².